The molecule has 0 fully saturated rings. The Morgan fingerprint density at radius 1 is 0.373 bits per heavy atom. The van der Waals surface area contributed by atoms with E-state index in [1.54, 1.807) is 0 Å². The van der Waals surface area contributed by atoms with Crippen LogP contribution < -0.4 is 0 Å². The first kappa shape index (κ1) is 28.4. The summed E-state index contributed by atoms with van der Waals surface area (Å²) in [5.74, 6) is 0.199. The molecule has 1 heteroatoms. The highest BCUT2D eigenvalue weighted by molar-refractivity contribution is 6.12. The summed E-state index contributed by atoms with van der Waals surface area (Å²) >= 11 is 0. The number of benzene rings is 8. The fraction of sp³-hybridized carbons (Fsp3) is 0.0400. The van der Waals surface area contributed by atoms with E-state index in [0.29, 0.717) is 0 Å². The molecular weight excluding hydrogens is 615 g/mol. The molecule has 1 nitrogen and oxygen atoms in total. The van der Waals surface area contributed by atoms with E-state index in [0.717, 1.165) is 6.42 Å². The minimum atomic E-state index is 0.199. The Labute approximate surface area is 297 Å². The van der Waals surface area contributed by atoms with Crippen LogP contribution in [0.1, 0.15) is 33.7 Å². The highest BCUT2D eigenvalue weighted by Crippen LogP contribution is 2.50. The van der Waals surface area contributed by atoms with Gasteiger partial charge in [0.2, 0.25) is 0 Å². The van der Waals surface area contributed by atoms with Gasteiger partial charge in [-0.15, -0.1) is 0 Å². The molecule has 51 heavy (non-hydrogen) atoms. The van der Waals surface area contributed by atoms with Crippen molar-refractivity contribution in [2.75, 3.05) is 0 Å². The first-order valence-electron chi connectivity index (χ1n) is 17.9. The Hall–Kier alpha value is -6.44. The van der Waals surface area contributed by atoms with Crippen molar-refractivity contribution in [3.63, 3.8) is 0 Å². The number of nitrogens with zero attached hydrogens (tertiary/aromatic N) is 1. The van der Waals surface area contributed by atoms with E-state index in [2.05, 4.69) is 187 Å². The zero-order chi connectivity index (χ0) is 33.5. The maximum Gasteiger partial charge on any atom is 0.0544 e. The van der Waals surface area contributed by atoms with Crippen LogP contribution in [0.15, 0.2) is 182 Å². The molecule has 1 atom stereocenters. The molecule has 11 rings (SSSR count). The first-order chi connectivity index (χ1) is 25.3. The quantitative estimate of drug-likeness (QED) is 0.179. The fourth-order valence-electron chi connectivity index (χ4n) is 8.95. The summed E-state index contributed by atoms with van der Waals surface area (Å²) < 4.78 is 2.45. The van der Waals surface area contributed by atoms with Gasteiger partial charge in [0.05, 0.1) is 11.0 Å². The number of aromatic nitrogens is 1. The zero-order valence-corrected chi connectivity index (χ0v) is 28.1. The third-order valence-electron chi connectivity index (χ3n) is 11.3. The smallest absolute Gasteiger partial charge is 0.0544 e. The number of rotatable bonds is 4. The maximum absolute atomic E-state index is 2.45. The molecule has 9 aromatic rings. The highest BCUT2D eigenvalue weighted by Gasteiger charge is 2.30. The van der Waals surface area contributed by atoms with Gasteiger partial charge in [-0.2, -0.15) is 0 Å². The molecule has 8 aromatic carbocycles. The SMILES string of the molecule is c1ccc(-c2cccc(C3c4ccccc4-c4cc(-c5ccc6c(c5)c5cc7c(cc5n6-c5ccccc5)Cc5ccccc5-7)ccc43)c2)cc1. The fourth-order valence-corrected chi connectivity index (χ4v) is 8.95. The van der Waals surface area contributed by atoms with Gasteiger partial charge in [0.25, 0.3) is 0 Å². The number of fused-ring (bicyclic) bond motifs is 9. The van der Waals surface area contributed by atoms with Crippen LogP contribution >= 0.6 is 0 Å². The van der Waals surface area contributed by atoms with Gasteiger partial charge in [-0.3, -0.25) is 0 Å². The van der Waals surface area contributed by atoms with Gasteiger partial charge >= 0.3 is 0 Å². The molecule has 2 aliphatic carbocycles. The van der Waals surface area contributed by atoms with Crippen LogP contribution in [0.4, 0.5) is 0 Å². The number of hydrogen-bond acceptors (Lipinski definition) is 0. The zero-order valence-electron chi connectivity index (χ0n) is 28.1. The third-order valence-corrected chi connectivity index (χ3v) is 11.3. The Balaban J connectivity index is 1.07. The lowest BCUT2D eigenvalue weighted by Gasteiger charge is -2.16. The third kappa shape index (κ3) is 4.35. The highest BCUT2D eigenvalue weighted by atomic mass is 15.0. The van der Waals surface area contributed by atoms with Crippen LogP contribution in [-0.4, -0.2) is 4.57 Å². The summed E-state index contributed by atoms with van der Waals surface area (Å²) in [4.78, 5) is 0. The average molecular weight is 648 g/mol. The molecule has 1 aromatic heterocycles. The molecule has 0 aliphatic heterocycles. The molecule has 0 N–H and O–H groups in total. The summed E-state index contributed by atoms with van der Waals surface area (Å²) in [6, 6.07) is 67.6. The Kier molecular flexibility index (Phi) is 6.15. The van der Waals surface area contributed by atoms with Gasteiger partial charge in [0.15, 0.2) is 0 Å². The number of para-hydroxylation sites is 1. The molecule has 1 unspecified atom stereocenters. The lowest BCUT2D eigenvalue weighted by atomic mass is 9.87. The molecule has 0 bridgehead atoms. The van der Waals surface area contributed by atoms with E-state index in [4.69, 9.17) is 0 Å². The van der Waals surface area contributed by atoms with E-state index < -0.39 is 0 Å². The summed E-state index contributed by atoms with van der Waals surface area (Å²) in [6.45, 7) is 0. The lowest BCUT2D eigenvalue weighted by Crippen LogP contribution is -1.99. The summed E-state index contributed by atoms with van der Waals surface area (Å²) in [7, 11) is 0. The second kappa shape index (κ2) is 11.0. The van der Waals surface area contributed by atoms with Gasteiger partial charge < -0.3 is 4.57 Å². The summed E-state index contributed by atoms with van der Waals surface area (Å²) in [6.07, 6.45) is 0.983. The number of hydrogen-bond donors (Lipinski definition) is 0. The molecule has 0 saturated carbocycles. The molecule has 1 heterocycles. The molecule has 0 saturated heterocycles. The van der Waals surface area contributed by atoms with Crippen molar-refractivity contribution < 1.29 is 0 Å². The van der Waals surface area contributed by atoms with Crippen molar-refractivity contribution in [1.29, 1.82) is 0 Å². The Morgan fingerprint density at radius 2 is 1.04 bits per heavy atom. The molecular formula is C50H33N. The van der Waals surface area contributed by atoms with E-state index in [9.17, 15) is 0 Å². The lowest BCUT2D eigenvalue weighted by molar-refractivity contribution is 1.02. The van der Waals surface area contributed by atoms with Crippen molar-refractivity contribution >= 4 is 21.8 Å². The van der Waals surface area contributed by atoms with E-state index >= 15 is 0 Å². The van der Waals surface area contributed by atoms with Gasteiger partial charge in [0, 0.05) is 22.4 Å². The standard InChI is InChI=1S/C50H33N/c1-3-12-32(13-4-1)33-15-11-16-37(26-33)50-42-21-10-9-20-41(42)45-28-34(22-24-43(45)50)35-23-25-48-46(29-35)47-31-44-38(27-36-14-7-8-19-40(36)44)30-49(47)51(48)39-17-5-2-6-18-39/h1-26,28-31,50H,27H2. The Morgan fingerprint density at radius 3 is 1.92 bits per heavy atom. The van der Waals surface area contributed by atoms with Crippen molar-refractivity contribution in [2.24, 2.45) is 0 Å². The van der Waals surface area contributed by atoms with E-state index in [1.165, 1.54) is 99.8 Å². The van der Waals surface area contributed by atoms with Crippen LogP contribution in [0.5, 0.6) is 0 Å². The van der Waals surface area contributed by atoms with Crippen LogP contribution in [0.25, 0.3) is 72.0 Å². The monoisotopic (exact) mass is 647 g/mol. The normalized spacial score (nSPS) is 14.0. The molecule has 238 valence electrons. The maximum atomic E-state index is 2.45. The summed E-state index contributed by atoms with van der Waals surface area (Å²) in [5.41, 5.74) is 21.0. The Bertz CT molecular complexity index is 2820. The second-order valence-corrected chi connectivity index (χ2v) is 14.1. The minimum absolute atomic E-state index is 0.199. The van der Waals surface area contributed by atoms with E-state index in [-0.39, 0.29) is 5.92 Å². The van der Waals surface area contributed by atoms with Crippen molar-refractivity contribution in [2.45, 2.75) is 12.3 Å². The first-order valence-corrected chi connectivity index (χ1v) is 17.9. The van der Waals surface area contributed by atoms with E-state index in [1.807, 2.05) is 0 Å². The van der Waals surface area contributed by atoms with Gasteiger partial charge in [-0.1, -0.05) is 140 Å². The van der Waals surface area contributed by atoms with Crippen molar-refractivity contribution in [3.8, 4) is 50.2 Å². The van der Waals surface area contributed by atoms with Gasteiger partial charge in [-0.25, -0.2) is 0 Å². The molecule has 0 amide bonds. The molecule has 2 aliphatic rings. The van der Waals surface area contributed by atoms with Crippen molar-refractivity contribution in [1.82, 2.24) is 4.57 Å². The van der Waals surface area contributed by atoms with Crippen molar-refractivity contribution in [3.05, 3.63) is 210 Å². The minimum Gasteiger partial charge on any atom is -0.309 e. The predicted octanol–water partition coefficient (Wildman–Crippen LogP) is 12.8. The topological polar surface area (TPSA) is 4.93 Å². The average Bonchev–Trinajstić information content (AvgIpc) is 3.84. The van der Waals surface area contributed by atoms with Gasteiger partial charge in [0.1, 0.15) is 0 Å². The summed E-state index contributed by atoms with van der Waals surface area (Å²) in [5, 5.41) is 2.59. The second-order valence-electron chi connectivity index (χ2n) is 14.1. The largest absolute Gasteiger partial charge is 0.309 e. The van der Waals surface area contributed by atoms with Crippen LogP contribution in [0.3, 0.4) is 0 Å². The van der Waals surface area contributed by atoms with Crippen LogP contribution in [-0.2, 0) is 6.42 Å². The molecule has 0 spiro atoms. The van der Waals surface area contributed by atoms with Crippen LogP contribution in [0.2, 0.25) is 0 Å². The predicted molar refractivity (Wildman–Crippen MR) is 213 cm³/mol. The van der Waals surface area contributed by atoms with Gasteiger partial charge in [-0.05, 0) is 121 Å². The molecule has 0 radical (unpaired) electrons. The van der Waals surface area contributed by atoms with Crippen LogP contribution in [0, 0.1) is 0 Å².